The minimum absolute atomic E-state index is 0.000874. The van der Waals surface area contributed by atoms with Crippen LogP contribution in [0.1, 0.15) is 35.4 Å². The topological polar surface area (TPSA) is 54.7 Å². The molecule has 2 fully saturated rings. The van der Waals surface area contributed by atoms with Crippen molar-refractivity contribution in [1.29, 1.82) is 0 Å². The lowest BCUT2D eigenvalue weighted by Crippen LogP contribution is -2.44. The normalized spacial score (nSPS) is 20.1. The van der Waals surface area contributed by atoms with Crippen molar-refractivity contribution >= 4 is 16.9 Å². The van der Waals surface area contributed by atoms with Crippen LogP contribution in [-0.2, 0) is 11.3 Å². The summed E-state index contributed by atoms with van der Waals surface area (Å²) >= 11 is 0. The molecule has 5 heteroatoms. The zero-order chi connectivity index (χ0) is 16.6. The third-order valence-electron chi connectivity index (χ3n) is 5.62. The Bertz CT molecular complexity index is 736. The van der Waals surface area contributed by atoms with Gasteiger partial charge in [-0.15, -0.1) is 0 Å². The average molecular weight is 328 g/mol. The van der Waals surface area contributed by atoms with E-state index in [1.54, 1.807) is 7.11 Å². The van der Waals surface area contributed by atoms with Crippen molar-refractivity contribution in [1.82, 2.24) is 10.2 Å². The summed E-state index contributed by atoms with van der Waals surface area (Å²) in [6.07, 6.45) is 3.38. The number of carbonyl (C=O) groups is 1. The molecule has 1 amide bonds. The summed E-state index contributed by atoms with van der Waals surface area (Å²) in [6, 6.07) is 7.78. The minimum atomic E-state index is -0.000874. The largest absolute Gasteiger partial charge is 0.451 e. The second-order valence-electron chi connectivity index (χ2n) is 7.06. The number of nitrogens with zero attached hydrogens (tertiary/aromatic N) is 1. The number of amides is 1. The fourth-order valence-electron chi connectivity index (χ4n) is 4.11. The van der Waals surface area contributed by atoms with E-state index >= 15 is 0 Å². The van der Waals surface area contributed by atoms with Gasteiger partial charge in [-0.1, -0.05) is 18.2 Å². The minimum Gasteiger partial charge on any atom is -0.451 e. The predicted molar refractivity (Wildman–Crippen MR) is 92.0 cm³/mol. The van der Waals surface area contributed by atoms with Gasteiger partial charge in [-0.05, 0) is 37.3 Å². The van der Waals surface area contributed by atoms with E-state index in [4.69, 9.17) is 9.15 Å². The van der Waals surface area contributed by atoms with E-state index in [1.807, 2.05) is 29.2 Å². The van der Waals surface area contributed by atoms with E-state index in [2.05, 4.69) is 5.32 Å². The van der Waals surface area contributed by atoms with Gasteiger partial charge in [0, 0.05) is 37.7 Å². The molecule has 24 heavy (non-hydrogen) atoms. The van der Waals surface area contributed by atoms with Gasteiger partial charge < -0.3 is 19.4 Å². The highest BCUT2D eigenvalue weighted by atomic mass is 16.5. The number of rotatable bonds is 3. The lowest BCUT2D eigenvalue weighted by molar-refractivity contribution is 0.0574. The van der Waals surface area contributed by atoms with E-state index in [1.165, 1.54) is 6.42 Å². The van der Waals surface area contributed by atoms with Crippen molar-refractivity contribution in [3.63, 3.8) is 0 Å². The number of likely N-dealkylation sites (tertiary alicyclic amines) is 1. The second-order valence-corrected chi connectivity index (χ2v) is 7.06. The summed E-state index contributed by atoms with van der Waals surface area (Å²) < 4.78 is 11.2. The van der Waals surface area contributed by atoms with Crippen molar-refractivity contribution in [3.8, 4) is 0 Å². The van der Waals surface area contributed by atoms with Gasteiger partial charge in [0.15, 0.2) is 5.76 Å². The number of hydrogen-bond acceptors (Lipinski definition) is 4. The first kappa shape index (κ1) is 15.7. The third-order valence-corrected chi connectivity index (χ3v) is 5.62. The monoisotopic (exact) mass is 328 g/mol. The van der Waals surface area contributed by atoms with Crippen LogP contribution in [0.15, 0.2) is 28.7 Å². The van der Waals surface area contributed by atoms with E-state index in [9.17, 15) is 4.79 Å². The summed E-state index contributed by atoms with van der Waals surface area (Å²) in [5.41, 5.74) is 2.02. The van der Waals surface area contributed by atoms with Crippen molar-refractivity contribution in [2.24, 2.45) is 5.41 Å². The van der Waals surface area contributed by atoms with Gasteiger partial charge in [0.2, 0.25) is 0 Å². The fourth-order valence-corrected chi connectivity index (χ4v) is 4.11. The van der Waals surface area contributed by atoms with E-state index < -0.39 is 0 Å². The van der Waals surface area contributed by atoms with Crippen molar-refractivity contribution in [2.45, 2.75) is 25.9 Å². The first-order valence-electron chi connectivity index (χ1n) is 8.72. The molecule has 0 aliphatic carbocycles. The van der Waals surface area contributed by atoms with Crippen molar-refractivity contribution < 1.29 is 13.9 Å². The molecule has 3 heterocycles. The molecule has 0 atom stereocenters. The molecule has 1 aromatic carbocycles. The van der Waals surface area contributed by atoms with Crippen LogP contribution in [0, 0.1) is 5.41 Å². The zero-order valence-electron chi connectivity index (χ0n) is 14.1. The van der Waals surface area contributed by atoms with Gasteiger partial charge in [0.1, 0.15) is 5.58 Å². The van der Waals surface area contributed by atoms with Crippen LogP contribution >= 0.6 is 0 Å². The molecule has 1 spiro atoms. The molecule has 0 bridgehead atoms. The quantitative estimate of drug-likeness (QED) is 0.941. The van der Waals surface area contributed by atoms with Crippen molar-refractivity contribution in [2.75, 3.05) is 33.3 Å². The molecule has 2 saturated heterocycles. The molecule has 2 aromatic rings. The summed E-state index contributed by atoms with van der Waals surface area (Å²) in [5.74, 6) is 0.442. The number of ether oxygens (including phenoxy) is 1. The Morgan fingerprint density at radius 1 is 1.29 bits per heavy atom. The first-order valence-corrected chi connectivity index (χ1v) is 8.72. The number of nitrogens with one attached hydrogen (secondary N) is 1. The van der Waals surface area contributed by atoms with Gasteiger partial charge in [0.05, 0.1) is 6.61 Å². The summed E-state index contributed by atoms with van der Waals surface area (Å²) in [7, 11) is 1.65. The molecular weight excluding hydrogens is 304 g/mol. The lowest BCUT2D eigenvalue weighted by Gasteiger charge is -2.38. The standard InChI is InChI=1S/C19H24N2O3/c1-23-12-15-14-4-2-3-5-16(14)24-17(15)18(22)21-10-7-19(8-11-21)6-9-20-13-19/h2-5,20H,6-13H2,1H3. The number of fused-ring (bicyclic) bond motifs is 1. The maximum atomic E-state index is 13.0. The number of benzene rings is 1. The number of hydrogen-bond donors (Lipinski definition) is 1. The second kappa shape index (κ2) is 6.22. The molecule has 0 unspecified atom stereocenters. The highest BCUT2D eigenvalue weighted by molar-refractivity contribution is 5.99. The number of para-hydroxylation sites is 1. The smallest absolute Gasteiger partial charge is 0.289 e. The maximum absolute atomic E-state index is 13.0. The molecule has 2 aliphatic rings. The molecule has 5 nitrogen and oxygen atoms in total. The van der Waals surface area contributed by atoms with Crippen LogP contribution in [-0.4, -0.2) is 44.1 Å². The Morgan fingerprint density at radius 3 is 2.79 bits per heavy atom. The number of methoxy groups -OCH3 is 1. The molecule has 128 valence electrons. The van der Waals surface area contributed by atoms with Gasteiger partial charge in [-0.25, -0.2) is 0 Å². The number of carbonyl (C=O) groups excluding carboxylic acids is 1. The molecular formula is C19H24N2O3. The molecule has 0 radical (unpaired) electrons. The van der Waals surface area contributed by atoms with Crippen LogP contribution in [0.2, 0.25) is 0 Å². The molecule has 1 N–H and O–H groups in total. The molecule has 1 aromatic heterocycles. The Morgan fingerprint density at radius 2 is 2.08 bits per heavy atom. The molecule has 4 rings (SSSR count). The number of piperidine rings is 1. The van der Waals surface area contributed by atoms with Crippen molar-refractivity contribution in [3.05, 3.63) is 35.6 Å². The van der Waals surface area contributed by atoms with E-state index in [-0.39, 0.29) is 5.91 Å². The predicted octanol–water partition coefficient (Wildman–Crippen LogP) is 2.79. The highest BCUT2D eigenvalue weighted by Crippen LogP contribution is 2.37. The molecule has 0 saturated carbocycles. The summed E-state index contributed by atoms with van der Waals surface area (Å²) in [5, 5.41) is 4.43. The van der Waals surface area contributed by atoms with E-state index in [0.29, 0.717) is 17.8 Å². The fraction of sp³-hybridized carbons (Fsp3) is 0.526. The SMILES string of the molecule is COCc1c(C(=O)N2CCC3(CCNC3)CC2)oc2ccccc12. The summed E-state index contributed by atoms with van der Waals surface area (Å²) in [6.45, 7) is 4.21. The zero-order valence-corrected chi connectivity index (χ0v) is 14.1. The van der Waals surface area contributed by atoms with Gasteiger partial charge in [0.25, 0.3) is 5.91 Å². The van der Waals surface area contributed by atoms with Crippen LogP contribution in [0.3, 0.4) is 0 Å². The highest BCUT2D eigenvalue weighted by Gasteiger charge is 2.39. The maximum Gasteiger partial charge on any atom is 0.289 e. The van der Waals surface area contributed by atoms with Crippen LogP contribution in [0.4, 0.5) is 0 Å². The Kier molecular flexibility index (Phi) is 4.06. The first-order chi connectivity index (χ1) is 11.7. The summed E-state index contributed by atoms with van der Waals surface area (Å²) in [4.78, 5) is 15.0. The third kappa shape index (κ3) is 2.62. The lowest BCUT2D eigenvalue weighted by atomic mass is 9.78. The Balaban J connectivity index is 1.58. The Labute approximate surface area is 141 Å². The average Bonchev–Trinajstić information content (AvgIpc) is 3.21. The molecule has 2 aliphatic heterocycles. The van der Waals surface area contributed by atoms with Gasteiger partial charge in [-0.2, -0.15) is 0 Å². The van der Waals surface area contributed by atoms with Crippen LogP contribution in [0.5, 0.6) is 0 Å². The van der Waals surface area contributed by atoms with Gasteiger partial charge >= 0.3 is 0 Å². The number of furan rings is 1. The van der Waals surface area contributed by atoms with Crippen LogP contribution < -0.4 is 5.32 Å². The van der Waals surface area contributed by atoms with E-state index in [0.717, 1.165) is 55.6 Å². The van der Waals surface area contributed by atoms with Crippen LogP contribution in [0.25, 0.3) is 11.0 Å². The van der Waals surface area contributed by atoms with Gasteiger partial charge in [-0.3, -0.25) is 4.79 Å². The Hall–Kier alpha value is -1.85.